The molecule has 3 aromatic rings. The van der Waals surface area contributed by atoms with Gasteiger partial charge in [-0.25, -0.2) is 17.8 Å². The molecule has 0 radical (unpaired) electrons. The Balaban J connectivity index is 1.48. The van der Waals surface area contributed by atoms with Gasteiger partial charge in [0.15, 0.2) is 0 Å². The number of hydrogen-bond acceptors (Lipinski definition) is 6. The molecule has 2 heterocycles. The Bertz CT molecular complexity index is 1520. The fraction of sp³-hybridized carbons (Fsp3) is 0.357. The number of nitrogens with one attached hydrogen (secondary N) is 2. The number of alkyl halides is 3. The molecule has 1 amide bonds. The quantitative estimate of drug-likeness (QED) is 0.369. The van der Waals surface area contributed by atoms with Crippen molar-refractivity contribution < 1.29 is 30.8 Å². The van der Waals surface area contributed by atoms with Crippen molar-refractivity contribution in [3.05, 3.63) is 82.8 Å². The van der Waals surface area contributed by atoms with E-state index in [0.717, 1.165) is 29.6 Å². The molecule has 1 atom stereocenters. The minimum Gasteiger partial charge on any atom is -0.368 e. The highest BCUT2D eigenvalue weighted by Crippen LogP contribution is 2.32. The van der Waals surface area contributed by atoms with Gasteiger partial charge in [0.05, 0.1) is 17.9 Å². The molecule has 0 bridgehead atoms. The number of nitrogens with zero attached hydrogens (tertiary/aromatic N) is 3. The third kappa shape index (κ3) is 7.66. The van der Waals surface area contributed by atoms with Crippen LogP contribution in [0.4, 0.5) is 34.8 Å². The molecule has 2 N–H and O–H groups in total. The first-order chi connectivity index (χ1) is 19.2. The Morgan fingerprint density at radius 3 is 2.32 bits per heavy atom. The molecule has 1 aromatic heterocycles. The first-order valence-electron chi connectivity index (χ1n) is 12.9. The van der Waals surface area contributed by atoms with Crippen molar-refractivity contribution >= 4 is 33.1 Å². The van der Waals surface area contributed by atoms with E-state index in [4.69, 9.17) is 0 Å². The predicted molar refractivity (Wildman–Crippen MR) is 150 cm³/mol. The zero-order valence-electron chi connectivity index (χ0n) is 22.8. The summed E-state index contributed by atoms with van der Waals surface area (Å²) in [5.41, 5.74) is 1.61. The minimum atomic E-state index is -4.63. The average molecular weight is 594 g/mol. The van der Waals surface area contributed by atoms with Gasteiger partial charge >= 0.3 is 6.18 Å². The lowest BCUT2D eigenvalue weighted by Crippen LogP contribution is -2.47. The second-order valence-corrected chi connectivity index (χ2v) is 11.8. The largest absolute Gasteiger partial charge is 0.433 e. The first-order valence-corrected chi connectivity index (χ1v) is 14.8. The van der Waals surface area contributed by atoms with Crippen molar-refractivity contribution in [1.29, 1.82) is 0 Å². The lowest BCUT2D eigenvalue weighted by molar-refractivity contribution is -0.141. The average Bonchev–Trinajstić information content (AvgIpc) is 2.91. The standard InChI is InChI=1S/C28H31F4N5O3S/c1-18-5-4-6-22(15-18)36-11-13-37(14-12-36)26-21(8-10-25(34-26)28(30,31)32)17-33-27(38)19(2)20-7-9-24(23(29)16-20)35-41(3,39)40/h4-10,15-16,19,35H,11-14,17H2,1-3H3,(H,33,38). The van der Waals surface area contributed by atoms with Gasteiger partial charge in [0.2, 0.25) is 15.9 Å². The number of hydrogen-bond donors (Lipinski definition) is 2. The molecule has 1 fully saturated rings. The van der Waals surface area contributed by atoms with Crippen LogP contribution in [0.1, 0.15) is 35.2 Å². The van der Waals surface area contributed by atoms with Crippen molar-refractivity contribution in [2.45, 2.75) is 32.5 Å². The predicted octanol–water partition coefficient (Wildman–Crippen LogP) is 4.67. The summed E-state index contributed by atoms with van der Waals surface area (Å²) in [5.74, 6) is -1.99. The number of aromatic nitrogens is 1. The number of pyridine rings is 1. The summed E-state index contributed by atoms with van der Waals surface area (Å²) in [6.07, 6.45) is -3.73. The minimum absolute atomic E-state index is 0.0854. The van der Waals surface area contributed by atoms with Gasteiger partial charge in [-0.15, -0.1) is 0 Å². The van der Waals surface area contributed by atoms with Gasteiger partial charge in [-0.2, -0.15) is 13.2 Å². The number of rotatable bonds is 8. The molecule has 1 aliphatic heterocycles. The molecule has 2 aromatic carbocycles. The summed E-state index contributed by atoms with van der Waals surface area (Å²) in [4.78, 5) is 20.8. The van der Waals surface area contributed by atoms with E-state index in [1.54, 1.807) is 11.8 Å². The van der Waals surface area contributed by atoms with E-state index in [9.17, 15) is 30.8 Å². The molecule has 0 saturated carbocycles. The highest BCUT2D eigenvalue weighted by Gasteiger charge is 2.34. The van der Waals surface area contributed by atoms with Crippen LogP contribution in [0.25, 0.3) is 0 Å². The van der Waals surface area contributed by atoms with Crippen LogP contribution < -0.4 is 19.8 Å². The Kier molecular flexibility index (Phi) is 8.76. The molecular weight excluding hydrogens is 562 g/mol. The number of benzene rings is 2. The van der Waals surface area contributed by atoms with Gasteiger partial charge in [-0.1, -0.05) is 24.3 Å². The SMILES string of the molecule is Cc1cccc(N2CCN(c3nc(C(F)(F)F)ccc3CNC(=O)C(C)c3ccc(NS(C)(=O)=O)c(F)c3)CC2)c1. The van der Waals surface area contributed by atoms with E-state index in [2.05, 4.69) is 26.0 Å². The van der Waals surface area contributed by atoms with Crippen molar-refractivity contribution in [1.82, 2.24) is 10.3 Å². The van der Waals surface area contributed by atoms with Crippen molar-refractivity contribution in [2.75, 3.05) is 47.0 Å². The molecule has 0 aliphatic carbocycles. The zero-order chi connectivity index (χ0) is 29.9. The Labute approximate surface area is 236 Å². The topological polar surface area (TPSA) is 94.6 Å². The molecule has 13 heteroatoms. The first kappa shape index (κ1) is 30.1. The third-order valence-electron chi connectivity index (χ3n) is 6.83. The van der Waals surface area contributed by atoms with Gasteiger partial charge in [0.25, 0.3) is 0 Å². The number of carbonyl (C=O) groups excluding carboxylic acids is 1. The normalized spacial score (nSPS) is 15.0. The number of anilines is 3. The third-order valence-corrected chi connectivity index (χ3v) is 7.42. The molecule has 4 rings (SSSR count). The van der Waals surface area contributed by atoms with Gasteiger partial charge in [0.1, 0.15) is 17.3 Å². The maximum Gasteiger partial charge on any atom is 0.433 e. The van der Waals surface area contributed by atoms with Crippen LogP contribution in [0.5, 0.6) is 0 Å². The molecule has 41 heavy (non-hydrogen) atoms. The fourth-order valence-corrected chi connectivity index (χ4v) is 5.18. The van der Waals surface area contributed by atoms with Crippen molar-refractivity contribution in [3.8, 4) is 0 Å². The van der Waals surface area contributed by atoms with Gasteiger partial charge < -0.3 is 15.1 Å². The van der Waals surface area contributed by atoms with Crippen molar-refractivity contribution in [2.24, 2.45) is 0 Å². The molecule has 1 saturated heterocycles. The molecule has 220 valence electrons. The number of carbonyl (C=O) groups is 1. The fourth-order valence-electron chi connectivity index (χ4n) is 4.62. The molecule has 1 unspecified atom stereocenters. The maximum absolute atomic E-state index is 14.4. The van der Waals surface area contributed by atoms with E-state index < -0.39 is 39.5 Å². The van der Waals surface area contributed by atoms with Crippen LogP contribution in [0, 0.1) is 12.7 Å². The number of amides is 1. The number of sulfonamides is 1. The molecule has 1 aliphatic rings. The summed E-state index contributed by atoms with van der Waals surface area (Å²) in [7, 11) is -3.69. The summed E-state index contributed by atoms with van der Waals surface area (Å²) >= 11 is 0. The summed E-state index contributed by atoms with van der Waals surface area (Å²) in [6.45, 7) is 5.50. The van der Waals surface area contributed by atoms with Crippen LogP contribution >= 0.6 is 0 Å². The van der Waals surface area contributed by atoms with Crippen molar-refractivity contribution in [3.63, 3.8) is 0 Å². The Morgan fingerprint density at radius 1 is 1.02 bits per heavy atom. The summed E-state index contributed by atoms with van der Waals surface area (Å²) < 4.78 is 79.8. The summed E-state index contributed by atoms with van der Waals surface area (Å²) in [6, 6.07) is 13.9. The number of halogens is 4. The Morgan fingerprint density at radius 2 is 1.71 bits per heavy atom. The van der Waals surface area contributed by atoms with E-state index in [0.29, 0.717) is 37.3 Å². The zero-order valence-corrected chi connectivity index (χ0v) is 23.6. The van der Waals surface area contributed by atoms with Crippen LogP contribution in [0.15, 0.2) is 54.6 Å². The molecule has 8 nitrogen and oxygen atoms in total. The van der Waals surface area contributed by atoms with E-state index in [1.165, 1.54) is 18.2 Å². The van der Waals surface area contributed by atoms with Crippen LogP contribution in [-0.4, -0.2) is 51.7 Å². The maximum atomic E-state index is 14.4. The summed E-state index contributed by atoms with van der Waals surface area (Å²) in [5, 5.41) is 2.72. The lowest BCUT2D eigenvalue weighted by Gasteiger charge is -2.37. The molecule has 0 spiro atoms. The van der Waals surface area contributed by atoms with E-state index >= 15 is 0 Å². The Hall–Kier alpha value is -3.87. The van der Waals surface area contributed by atoms with Crippen LogP contribution in [-0.2, 0) is 27.5 Å². The molecular formula is C28H31F4N5O3S. The second kappa shape index (κ2) is 11.9. The van der Waals surface area contributed by atoms with Gasteiger partial charge in [0, 0.05) is 44.0 Å². The number of piperazine rings is 1. The number of aryl methyl sites for hydroxylation is 1. The van der Waals surface area contributed by atoms with Gasteiger partial charge in [-0.05, 0) is 55.3 Å². The smallest absolute Gasteiger partial charge is 0.368 e. The van der Waals surface area contributed by atoms with Crippen LogP contribution in [0.3, 0.4) is 0 Å². The monoisotopic (exact) mass is 593 g/mol. The highest BCUT2D eigenvalue weighted by atomic mass is 32.2. The van der Waals surface area contributed by atoms with Crippen LogP contribution in [0.2, 0.25) is 0 Å². The second-order valence-electron chi connectivity index (χ2n) is 10.0. The van der Waals surface area contributed by atoms with E-state index in [-0.39, 0.29) is 18.1 Å². The highest BCUT2D eigenvalue weighted by molar-refractivity contribution is 7.92. The van der Waals surface area contributed by atoms with E-state index in [1.807, 2.05) is 25.1 Å². The lowest BCUT2D eigenvalue weighted by atomic mass is 9.99. The van der Waals surface area contributed by atoms with Gasteiger partial charge in [-0.3, -0.25) is 9.52 Å².